The van der Waals surface area contributed by atoms with E-state index in [0.29, 0.717) is 23.9 Å². The molecule has 0 unspecified atom stereocenters. The first kappa shape index (κ1) is 12.7. The number of rotatable bonds is 6. The molecule has 90 valence electrons. The molecule has 1 rings (SSSR count). The van der Waals surface area contributed by atoms with Crippen LogP contribution in [0.3, 0.4) is 0 Å². The van der Waals surface area contributed by atoms with Crippen molar-refractivity contribution in [2.75, 3.05) is 7.11 Å². The van der Waals surface area contributed by atoms with Gasteiger partial charge in [-0.15, -0.1) is 0 Å². The second-order valence-electron chi connectivity index (χ2n) is 4.05. The van der Waals surface area contributed by atoms with Gasteiger partial charge in [0.15, 0.2) is 5.89 Å². The first-order chi connectivity index (χ1) is 7.54. The summed E-state index contributed by atoms with van der Waals surface area (Å²) in [5.41, 5.74) is 0.355. The molecule has 0 aliphatic carbocycles. The van der Waals surface area contributed by atoms with E-state index in [1.54, 1.807) is 0 Å². The fourth-order valence-corrected chi connectivity index (χ4v) is 1.32. The van der Waals surface area contributed by atoms with Crippen molar-refractivity contribution in [3.05, 3.63) is 17.3 Å². The molecule has 5 nitrogen and oxygen atoms in total. The molecule has 0 fully saturated rings. The van der Waals surface area contributed by atoms with Gasteiger partial charge >= 0.3 is 5.97 Å². The summed E-state index contributed by atoms with van der Waals surface area (Å²) in [5, 5.41) is 8.89. The average molecular weight is 227 g/mol. The minimum absolute atomic E-state index is 0.111. The molecule has 0 bridgehead atoms. The number of aryl methyl sites for hydroxylation is 1. The third-order valence-corrected chi connectivity index (χ3v) is 2.15. The molecule has 1 aromatic heterocycles. The van der Waals surface area contributed by atoms with Crippen molar-refractivity contribution in [1.82, 2.24) is 4.98 Å². The van der Waals surface area contributed by atoms with Gasteiger partial charge in [-0.2, -0.15) is 0 Å². The van der Waals surface area contributed by atoms with Gasteiger partial charge in [-0.25, -0.2) is 9.78 Å². The smallest absolute Gasteiger partial charge is 0.373 e. The van der Waals surface area contributed by atoms with E-state index < -0.39 is 5.97 Å². The standard InChI is InChI=1S/C11H17NO4/c1-7(2)4-5-9-12-8(6-15-3)10(16-9)11(13)14/h7H,4-6H2,1-3H3,(H,13,14). The number of methoxy groups -OCH3 is 1. The Kier molecular flexibility index (Phi) is 4.49. The number of carboxylic acids is 1. The van der Waals surface area contributed by atoms with E-state index in [-0.39, 0.29) is 12.4 Å². The molecule has 0 saturated carbocycles. The second kappa shape index (κ2) is 5.65. The minimum atomic E-state index is -1.10. The van der Waals surface area contributed by atoms with Gasteiger partial charge in [0.2, 0.25) is 5.76 Å². The summed E-state index contributed by atoms with van der Waals surface area (Å²) in [4.78, 5) is 15.0. The lowest BCUT2D eigenvalue weighted by molar-refractivity contribution is 0.0653. The van der Waals surface area contributed by atoms with E-state index in [2.05, 4.69) is 18.8 Å². The third-order valence-electron chi connectivity index (χ3n) is 2.15. The Morgan fingerprint density at radius 3 is 2.75 bits per heavy atom. The fourth-order valence-electron chi connectivity index (χ4n) is 1.32. The molecule has 0 atom stereocenters. The zero-order chi connectivity index (χ0) is 12.1. The summed E-state index contributed by atoms with van der Waals surface area (Å²) in [5.74, 6) is -0.208. The molecule has 0 amide bonds. The largest absolute Gasteiger partial charge is 0.475 e. The first-order valence-corrected chi connectivity index (χ1v) is 5.25. The molecule has 1 aromatic rings. The Morgan fingerprint density at radius 1 is 1.56 bits per heavy atom. The lowest BCUT2D eigenvalue weighted by Crippen LogP contribution is -2.00. The van der Waals surface area contributed by atoms with Crippen molar-refractivity contribution in [1.29, 1.82) is 0 Å². The number of nitrogens with zero attached hydrogens (tertiary/aromatic N) is 1. The highest BCUT2D eigenvalue weighted by Gasteiger charge is 2.19. The van der Waals surface area contributed by atoms with Crippen molar-refractivity contribution in [2.24, 2.45) is 5.92 Å². The SMILES string of the molecule is COCc1nc(CCC(C)C)oc1C(=O)O. The van der Waals surface area contributed by atoms with Crippen molar-refractivity contribution < 1.29 is 19.1 Å². The number of oxazole rings is 1. The Balaban J connectivity index is 2.79. The van der Waals surface area contributed by atoms with Crippen LogP contribution < -0.4 is 0 Å². The highest BCUT2D eigenvalue weighted by atomic mass is 16.5. The van der Waals surface area contributed by atoms with Gasteiger partial charge in [-0.1, -0.05) is 13.8 Å². The topological polar surface area (TPSA) is 72.6 Å². The van der Waals surface area contributed by atoms with Gasteiger partial charge in [-0.05, 0) is 12.3 Å². The number of carboxylic acid groups (broad SMARTS) is 1. The van der Waals surface area contributed by atoms with Crippen LogP contribution in [-0.2, 0) is 17.8 Å². The van der Waals surface area contributed by atoms with Crippen LogP contribution in [-0.4, -0.2) is 23.2 Å². The van der Waals surface area contributed by atoms with Gasteiger partial charge in [0, 0.05) is 13.5 Å². The molecule has 0 aliphatic heterocycles. The number of carbonyl (C=O) groups is 1. The first-order valence-electron chi connectivity index (χ1n) is 5.25. The van der Waals surface area contributed by atoms with E-state index in [1.165, 1.54) is 7.11 Å². The van der Waals surface area contributed by atoms with Crippen molar-refractivity contribution in [3.8, 4) is 0 Å². The summed E-state index contributed by atoms with van der Waals surface area (Å²) in [6, 6.07) is 0. The van der Waals surface area contributed by atoms with Crippen LogP contribution in [0.15, 0.2) is 4.42 Å². The highest BCUT2D eigenvalue weighted by molar-refractivity contribution is 5.85. The third kappa shape index (κ3) is 3.34. The Morgan fingerprint density at radius 2 is 2.25 bits per heavy atom. The normalized spacial score (nSPS) is 11.0. The number of hydrogen-bond acceptors (Lipinski definition) is 4. The summed E-state index contributed by atoms with van der Waals surface area (Å²) in [6.07, 6.45) is 1.58. The number of hydrogen-bond donors (Lipinski definition) is 1. The Bertz CT molecular complexity index is 357. The van der Waals surface area contributed by atoms with Gasteiger partial charge in [0.1, 0.15) is 5.69 Å². The van der Waals surface area contributed by atoms with Crippen LogP contribution in [0.2, 0.25) is 0 Å². The molecule has 0 saturated heterocycles. The molecule has 0 spiro atoms. The quantitative estimate of drug-likeness (QED) is 0.805. The van der Waals surface area contributed by atoms with Gasteiger partial charge in [-0.3, -0.25) is 0 Å². The second-order valence-corrected chi connectivity index (χ2v) is 4.05. The van der Waals surface area contributed by atoms with Crippen LogP contribution in [0, 0.1) is 5.92 Å². The average Bonchev–Trinajstić information content (AvgIpc) is 2.59. The number of aromatic carboxylic acids is 1. The number of aromatic nitrogens is 1. The molecular weight excluding hydrogens is 210 g/mol. The molecule has 5 heteroatoms. The van der Waals surface area contributed by atoms with E-state index in [4.69, 9.17) is 14.3 Å². The predicted octanol–water partition coefficient (Wildman–Crippen LogP) is 2.11. The maximum Gasteiger partial charge on any atom is 0.373 e. The van der Waals surface area contributed by atoms with Gasteiger partial charge in [0.05, 0.1) is 6.61 Å². The minimum Gasteiger partial charge on any atom is -0.475 e. The summed E-state index contributed by atoms with van der Waals surface area (Å²) in [6.45, 7) is 4.35. The van der Waals surface area contributed by atoms with Crippen LogP contribution in [0.5, 0.6) is 0 Å². The molecule has 1 N–H and O–H groups in total. The zero-order valence-corrected chi connectivity index (χ0v) is 9.82. The monoisotopic (exact) mass is 227 g/mol. The lowest BCUT2D eigenvalue weighted by atomic mass is 10.1. The Labute approximate surface area is 94.4 Å². The molecule has 0 aromatic carbocycles. The molecular formula is C11H17NO4. The maximum atomic E-state index is 10.9. The van der Waals surface area contributed by atoms with E-state index >= 15 is 0 Å². The van der Waals surface area contributed by atoms with E-state index in [0.717, 1.165) is 6.42 Å². The fraction of sp³-hybridized carbons (Fsp3) is 0.636. The van der Waals surface area contributed by atoms with E-state index in [1.807, 2.05) is 0 Å². The lowest BCUT2D eigenvalue weighted by Gasteiger charge is -1.99. The van der Waals surface area contributed by atoms with Crippen LogP contribution >= 0.6 is 0 Å². The highest BCUT2D eigenvalue weighted by Crippen LogP contribution is 2.15. The summed E-state index contributed by atoms with van der Waals surface area (Å²) < 4.78 is 10.1. The van der Waals surface area contributed by atoms with E-state index in [9.17, 15) is 4.79 Å². The molecule has 1 heterocycles. The van der Waals surface area contributed by atoms with Crippen LogP contribution in [0.1, 0.15) is 42.4 Å². The van der Waals surface area contributed by atoms with Crippen molar-refractivity contribution >= 4 is 5.97 Å². The molecule has 16 heavy (non-hydrogen) atoms. The predicted molar refractivity (Wildman–Crippen MR) is 57.3 cm³/mol. The Hall–Kier alpha value is -1.36. The summed E-state index contributed by atoms with van der Waals surface area (Å²) in [7, 11) is 1.49. The van der Waals surface area contributed by atoms with Crippen LogP contribution in [0.25, 0.3) is 0 Å². The van der Waals surface area contributed by atoms with Crippen LogP contribution in [0.4, 0.5) is 0 Å². The van der Waals surface area contributed by atoms with Gasteiger partial charge < -0.3 is 14.3 Å². The molecule has 0 aliphatic rings. The zero-order valence-electron chi connectivity index (χ0n) is 9.82. The van der Waals surface area contributed by atoms with Crippen molar-refractivity contribution in [3.63, 3.8) is 0 Å². The maximum absolute atomic E-state index is 10.9. The molecule has 0 radical (unpaired) electrons. The summed E-state index contributed by atoms with van der Waals surface area (Å²) >= 11 is 0. The number of ether oxygens (including phenoxy) is 1. The van der Waals surface area contributed by atoms with Crippen molar-refractivity contribution in [2.45, 2.75) is 33.3 Å². The van der Waals surface area contributed by atoms with Gasteiger partial charge in [0.25, 0.3) is 0 Å².